The van der Waals surface area contributed by atoms with Crippen LogP contribution in [-0.4, -0.2) is 35.6 Å². The van der Waals surface area contributed by atoms with Crippen LogP contribution in [0.5, 0.6) is 0 Å². The van der Waals surface area contributed by atoms with Crippen LogP contribution in [0.1, 0.15) is 46.1 Å². The standard InChI is InChI=1S/C20H29N3O2/c1-6-13-23(18(24)7-2)14-17-19(16-11-9-8-10-12-16)21-25-20(17)22(5)15(3)4/h8-12,15H,6-7,13-14H2,1-5H3. The number of rotatable bonds is 8. The molecular weight excluding hydrogens is 314 g/mol. The second-order valence-corrected chi connectivity index (χ2v) is 6.55. The Balaban J connectivity index is 2.47. The third kappa shape index (κ3) is 4.41. The summed E-state index contributed by atoms with van der Waals surface area (Å²) in [4.78, 5) is 16.3. The van der Waals surface area contributed by atoms with E-state index in [0.29, 0.717) is 13.0 Å². The van der Waals surface area contributed by atoms with Gasteiger partial charge in [0.25, 0.3) is 0 Å². The van der Waals surface area contributed by atoms with Gasteiger partial charge in [-0.15, -0.1) is 0 Å². The van der Waals surface area contributed by atoms with Gasteiger partial charge >= 0.3 is 0 Å². The Hall–Kier alpha value is -2.30. The van der Waals surface area contributed by atoms with Gasteiger partial charge in [-0.2, -0.15) is 0 Å². The van der Waals surface area contributed by atoms with Gasteiger partial charge in [0.15, 0.2) is 0 Å². The minimum absolute atomic E-state index is 0.153. The van der Waals surface area contributed by atoms with Crippen molar-refractivity contribution in [2.75, 3.05) is 18.5 Å². The van der Waals surface area contributed by atoms with Crippen LogP contribution < -0.4 is 4.90 Å². The van der Waals surface area contributed by atoms with Crippen molar-refractivity contribution in [3.63, 3.8) is 0 Å². The van der Waals surface area contributed by atoms with Crippen LogP contribution in [-0.2, 0) is 11.3 Å². The Bertz CT molecular complexity index is 680. The normalized spacial score (nSPS) is 11.0. The predicted octanol–water partition coefficient (Wildman–Crippen LogP) is 4.33. The zero-order chi connectivity index (χ0) is 18.4. The number of amides is 1. The van der Waals surface area contributed by atoms with Crippen molar-refractivity contribution in [2.45, 2.75) is 53.1 Å². The second-order valence-electron chi connectivity index (χ2n) is 6.55. The summed E-state index contributed by atoms with van der Waals surface area (Å²) in [5, 5.41) is 4.33. The molecule has 2 rings (SSSR count). The molecule has 1 amide bonds. The molecule has 0 unspecified atom stereocenters. The first kappa shape index (κ1) is 19.0. The molecule has 5 nitrogen and oxygen atoms in total. The predicted molar refractivity (Wildman–Crippen MR) is 101 cm³/mol. The Kier molecular flexibility index (Phi) is 6.62. The lowest BCUT2D eigenvalue weighted by atomic mass is 10.1. The molecule has 2 aromatic rings. The molecule has 5 heteroatoms. The summed E-state index contributed by atoms with van der Waals surface area (Å²) in [6, 6.07) is 10.3. The molecule has 1 heterocycles. The number of hydrogen-bond acceptors (Lipinski definition) is 4. The maximum atomic E-state index is 12.4. The highest BCUT2D eigenvalue weighted by molar-refractivity contribution is 5.77. The quantitative estimate of drug-likeness (QED) is 0.715. The van der Waals surface area contributed by atoms with E-state index in [0.717, 1.165) is 35.7 Å². The van der Waals surface area contributed by atoms with E-state index in [-0.39, 0.29) is 11.9 Å². The van der Waals surface area contributed by atoms with E-state index in [2.05, 4.69) is 30.8 Å². The van der Waals surface area contributed by atoms with Crippen molar-refractivity contribution in [3.05, 3.63) is 35.9 Å². The molecule has 1 aromatic heterocycles. The number of nitrogens with zero attached hydrogens (tertiary/aromatic N) is 3. The molecule has 0 saturated carbocycles. The van der Waals surface area contributed by atoms with Crippen molar-refractivity contribution in [1.29, 1.82) is 0 Å². The SMILES string of the molecule is CCCN(Cc1c(-c2ccccc2)noc1N(C)C(C)C)C(=O)CC. The molecule has 0 aliphatic rings. The fourth-order valence-corrected chi connectivity index (χ4v) is 2.75. The monoisotopic (exact) mass is 343 g/mol. The molecule has 25 heavy (non-hydrogen) atoms. The average Bonchev–Trinajstić information content (AvgIpc) is 3.04. The first-order valence-electron chi connectivity index (χ1n) is 9.04. The highest BCUT2D eigenvalue weighted by Gasteiger charge is 2.25. The van der Waals surface area contributed by atoms with Crippen molar-refractivity contribution in [2.24, 2.45) is 0 Å². The fourth-order valence-electron chi connectivity index (χ4n) is 2.75. The third-order valence-corrected chi connectivity index (χ3v) is 4.41. The Labute approximate surface area is 150 Å². The summed E-state index contributed by atoms with van der Waals surface area (Å²) in [6.07, 6.45) is 1.42. The minimum atomic E-state index is 0.153. The zero-order valence-electron chi connectivity index (χ0n) is 16.0. The molecule has 1 aromatic carbocycles. The van der Waals surface area contributed by atoms with Crippen LogP contribution in [0.25, 0.3) is 11.3 Å². The number of aromatic nitrogens is 1. The van der Waals surface area contributed by atoms with Gasteiger partial charge in [-0.3, -0.25) is 4.79 Å². The Morgan fingerprint density at radius 1 is 1.20 bits per heavy atom. The Morgan fingerprint density at radius 2 is 1.88 bits per heavy atom. The first-order valence-corrected chi connectivity index (χ1v) is 9.04. The molecule has 0 fully saturated rings. The van der Waals surface area contributed by atoms with E-state index in [1.165, 1.54) is 0 Å². The minimum Gasteiger partial charge on any atom is -0.341 e. The molecule has 0 N–H and O–H groups in total. The maximum Gasteiger partial charge on any atom is 0.232 e. The van der Waals surface area contributed by atoms with Crippen LogP contribution in [0.2, 0.25) is 0 Å². The van der Waals surface area contributed by atoms with Gasteiger partial charge in [-0.1, -0.05) is 49.3 Å². The van der Waals surface area contributed by atoms with Crippen molar-refractivity contribution < 1.29 is 9.32 Å². The van der Waals surface area contributed by atoms with E-state index in [9.17, 15) is 4.79 Å². The van der Waals surface area contributed by atoms with Gasteiger partial charge in [-0.05, 0) is 20.3 Å². The van der Waals surface area contributed by atoms with E-state index in [1.807, 2.05) is 49.2 Å². The molecule has 0 radical (unpaired) electrons. The number of hydrogen-bond donors (Lipinski definition) is 0. The van der Waals surface area contributed by atoms with Gasteiger partial charge < -0.3 is 14.3 Å². The largest absolute Gasteiger partial charge is 0.341 e. The van der Waals surface area contributed by atoms with Crippen molar-refractivity contribution in [3.8, 4) is 11.3 Å². The van der Waals surface area contributed by atoms with Gasteiger partial charge in [0, 0.05) is 31.6 Å². The molecule has 0 saturated heterocycles. The number of carbonyl (C=O) groups excluding carboxylic acids is 1. The van der Waals surface area contributed by atoms with E-state index >= 15 is 0 Å². The van der Waals surface area contributed by atoms with E-state index in [4.69, 9.17) is 4.52 Å². The van der Waals surface area contributed by atoms with Gasteiger partial charge in [0.1, 0.15) is 5.69 Å². The highest BCUT2D eigenvalue weighted by atomic mass is 16.5. The first-order chi connectivity index (χ1) is 12.0. The smallest absolute Gasteiger partial charge is 0.232 e. The lowest BCUT2D eigenvalue weighted by molar-refractivity contribution is -0.131. The van der Waals surface area contributed by atoms with Crippen LogP contribution in [0.3, 0.4) is 0 Å². The topological polar surface area (TPSA) is 49.6 Å². The van der Waals surface area contributed by atoms with Gasteiger partial charge in [0.05, 0.1) is 12.1 Å². The fraction of sp³-hybridized carbons (Fsp3) is 0.500. The molecule has 136 valence electrons. The van der Waals surface area contributed by atoms with E-state index < -0.39 is 0 Å². The molecule has 0 aliphatic carbocycles. The lowest BCUT2D eigenvalue weighted by Crippen LogP contribution is -2.32. The van der Waals surface area contributed by atoms with Crippen molar-refractivity contribution >= 4 is 11.8 Å². The second kappa shape index (κ2) is 8.70. The average molecular weight is 343 g/mol. The summed E-state index contributed by atoms with van der Waals surface area (Å²) in [5.41, 5.74) is 2.79. The third-order valence-electron chi connectivity index (χ3n) is 4.41. The number of carbonyl (C=O) groups is 1. The summed E-state index contributed by atoms with van der Waals surface area (Å²) in [5.74, 6) is 0.888. The van der Waals surface area contributed by atoms with Crippen LogP contribution in [0.4, 0.5) is 5.88 Å². The van der Waals surface area contributed by atoms with Crippen molar-refractivity contribution in [1.82, 2.24) is 10.1 Å². The van der Waals surface area contributed by atoms with Crippen LogP contribution >= 0.6 is 0 Å². The summed E-state index contributed by atoms with van der Waals surface area (Å²) < 4.78 is 5.70. The highest BCUT2D eigenvalue weighted by Crippen LogP contribution is 2.32. The zero-order valence-corrected chi connectivity index (χ0v) is 16.0. The Morgan fingerprint density at radius 3 is 2.44 bits per heavy atom. The summed E-state index contributed by atoms with van der Waals surface area (Å²) in [6.45, 7) is 9.45. The number of anilines is 1. The summed E-state index contributed by atoms with van der Waals surface area (Å²) >= 11 is 0. The molecular formula is C20H29N3O2. The maximum absolute atomic E-state index is 12.4. The van der Waals surface area contributed by atoms with Crippen LogP contribution in [0.15, 0.2) is 34.9 Å². The number of benzene rings is 1. The lowest BCUT2D eigenvalue weighted by Gasteiger charge is -2.25. The molecule has 0 aliphatic heterocycles. The molecule has 0 atom stereocenters. The summed E-state index contributed by atoms with van der Waals surface area (Å²) in [7, 11) is 2.00. The molecule has 0 bridgehead atoms. The van der Waals surface area contributed by atoms with Crippen LogP contribution in [0, 0.1) is 0 Å². The van der Waals surface area contributed by atoms with Gasteiger partial charge in [-0.25, -0.2) is 0 Å². The van der Waals surface area contributed by atoms with Gasteiger partial charge in [0.2, 0.25) is 11.8 Å². The molecule has 0 spiro atoms. The van der Waals surface area contributed by atoms with E-state index in [1.54, 1.807) is 0 Å².